The molecule has 0 bridgehead atoms. The molecule has 0 atom stereocenters. The van der Waals surface area contributed by atoms with Gasteiger partial charge < -0.3 is 0 Å². The Morgan fingerprint density at radius 2 is 1.65 bits per heavy atom. The number of alkyl halides is 2. The maximum atomic E-state index is 12.5. The van der Waals surface area contributed by atoms with Gasteiger partial charge in [-0.1, -0.05) is 70.6 Å². The molecule has 0 N–H and O–H groups in total. The van der Waals surface area contributed by atoms with Crippen molar-refractivity contribution in [1.82, 2.24) is 0 Å². The van der Waals surface area contributed by atoms with E-state index in [2.05, 4.69) is 64.5 Å². The zero-order valence-corrected chi connectivity index (χ0v) is 13.4. The molecule has 20 heavy (non-hydrogen) atoms. The highest BCUT2D eigenvalue weighted by atomic mass is 79.9. The highest BCUT2D eigenvalue weighted by Crippen LogP contribution is 2.39. The summed E-state index contributed by atoms with van der Waals surface area (Å²) in [7, 11) is 0. The van der Waals surface area contributed by atoms with Gasteiger partial charge in [0.15, 0.2) is 0 Å². The smallest absolute Gasteiger partial charge is 0.0894 e. The summed E-state index contributed by atoms with van der Waals surface area (Å²) in [5, 5.41) is 1.01. The van der Waals surface area contributed by atoms with Crippen LogP contribution in [0.3, 0.4) is 0 Å². The molecule has 0 heterocycles. The van der Waals surface area contributed by atoms with Crippen LogP contribution in [-0.4, -0.2) is 12.0 Å². The molecule has 0 nitrogen and oxygen atoms in total. The number of hydrogen-bond acceptors (Lipinski definition) is 0. The Labute approximate surface area is 129 Å². The van der Waals surface area contributed by atoms with Crippen LogP contribution in [0.15, 0.2) is 54.6 Å². The van der Waals surface area contributed by atoms with Crippen LogP contribution in [0.1, 0.15) is 37.2 Å². The van der Waals surface area contributed by atoms with Crippen molar-refractivity contribution in [3.05, 3.63) is 60.2 Å². The fourth-order valence-electron chi connectivity index (χ4n) is 2.86. The lowest BCUT2D eigenvalue weighted by molar-refractivity contribution is 0.355. The molecule has 1 aromatic carbocycles. The third kappa shape index (κ3) is 4.05. The number of allylic oxidation sites excluding steroid dienone is 4. The topological polar surface area (TPSA) is 0 Å². The van der Waals surface area contributed by atoms with Gasteiger partial charge in [-0.15, -0.1) is 0 Å². The highest BCUT2D eigenvalue weighted by molar-refractivity contribution is 9.09. The van der Waals surface area contributed by atoms with Crippen molar-refractivity contribution in [2.75, 3.05) is 12.0 Å². The van der Waals surface area contributed by atoms with Crippen molar-refractivity contribution in [2.24, 2.45) is 5.41 Å². The van der Waals surface area contributed by atoms with E-state index in [1.165, 1.54) is 5.56 Å². The lowest BCUT2D eigenvalue weighted by Gasteiger charge is -2.31. The summed E-state index contributed by atoms with van der Waals surface area (Å²) in [5.41, 5.74) is 1.38. The first-order valence-electron chi connectivity index (χ1n) is 7.35. The third-order valence-electron chi connectivity index (χ3n) is 4.01. The molecule has 0 aromatic heterocycles. The molecule has 0 saturated carbocycles. The molecule has 0 radical (unpaired) electrons. The zero-order chi connectivity index (χ0) is 14.3. The monoisotopic (exact) mass is 336 g/mol. The van der Waals surface area contributed by atoms with Gasteiger partial charge in [0.05, 0.1) is 6.67 Å². The molecule has 2 rings (SSSR count). The van der Waals surface area contributed by atoms with E-state index < -0.39 is 0 Å². The number of hydrogen-bond donors (Lipinski definition) is 0. The Balaban J connectivity index is 2.08. The van der Waals surface area contributed by atoms with Gasteiger partial charge in [0, 0.05) is 16.7 Å². The highest BCUT2D eigenvalue weighted by Gasteiger charge is 2.26. The maximum Gasteiger partial charge on any atom is 0.0894 e. The molecule has 0 fully saturated rings. The van der Waals surface area contributed by atoms with Crippen molar-refractivity contribution < 1.29 is 4.39 Å². The molecule has 1 aliphatic carbocycles. The fraction of sp³-hybridized carbons (Fsp3) is 0.444. The molecule has 1 aliphatic rings. The summed E-state index contributed by atoms with van der Waals surface area (Å²) in [4.78, 5) is 0. The van der Waals surface area contributed by atoms with Crippen LogP contribution in [0.25, 0.3) is 0 Å². The first-order chi connectivity index (χ1) is 9.79. The molecular formula is C18H22BrF. The van der Waals surface area contributed by atoms with Gasteiger partial charge >= 0.3 is 0 Å². The largest absolute Gasteiger partial charge is 0.251 e. The van der Waals surface area contributed by atoms with Crippen molar-refractivity contribution in [1.29, 1.82) is 0 Å². The van der Waals surface area contributed by atoms with Crippen molar-refractivity contribution >= 4 is 15.9 Å². The standard InChI is InChI=1S/C18H22BrF/c19-14-4-10-18(11-5-15-20)12-8-17(9-13-18)16-6-2-1-3-7-16/h1-3,6-9,12-13,17H,4-5,10-11,14-15H2. The van der Waals surface area contributed by atoms with Crippen LogP contribution in [0.4, 0.5) is 4.39 Å². The summed E-state index contributed by atoms with van der Waals surface area (Å²) < 4.78 is 12.5. The van der Waals surface area contributed by atoms with E-state index in [9.17, 15) is 4.39 Å². The Hall–Kier alpha value is -0.890. The molecule has 2 heteroatoms. The first-order valence-corrected chi connectivity index (χ1v) is 8.47. The van der Waals surface area contributed by atoms with Crippen molar-refractivity contribution in [3.8, 4) is 0 Å². The van der Waals surface area contributed by atoms with Crippen LogP contribution >= 0.6 is 15.9 Å². The maximum absolute atomic E-state index is 12.5. The number of benzene rings is 1. The van der Waals surface area contributed by atoms with Gasteiger partial charge in [0.25, 0.3) is 0 Å². The molecular weight excluding hydrogens is 315 g/mol. The normalized spacial score (nSPS) is 25.0. The second-order valence-corrected chi connectivity index (χ2v) is 6.27. The van der Waals surface area contributed by atoms with Gasteiger partial charge in [-0.2, -0.15) is 0 Å². The van der Waals surface area contributed by atoms with E-state index in [0.717, 1.165) is 24.6 Å². The molecule has 0 saturated heterocycles. The summed E-state index contributed by atoms with van der Waals surface area (Å²) in [5.74, 6) is 0.360. The summed E-state index contributed by atoms with van der Waals surface area (Å²) in [6.45, 7) is -0.222. The van der Waals surface area contributed by atoms with Crippen LogP contribution in [0, 0.1) is 5.41 Å². The van der Waals surface area contributed by atoms with Crippen LogP contribution < -0.4 is 0 Å². The second kappa shape index (κ2) is 7.78. The summed E-state index contributed by atoms with van der Waals surface area (Å²) in [6, 6.07) is 10.5. The minimum Gasteiger partial charge on any atom is -0.251 e. The van der Waals surface area contributed by atoms with E-state index in [4.69, 9.17) is 0 Å². The minimum absolute atomic E-state index is 0.0607. The fourth-order valence-corrected chi connectivity index (χ4v) is 3.14. The van der Waals surface area contributed by atoms with E-state index in [1.54, 1.807) is 0 Å². The third-order valence-corrected chi connectivity index (χ3v) is 4.57. The first kappa shape index (κ1) is 15.5. The van der Waals surface area contributed by atoms with Gasteiger partial charge in [-0.3, -0.25) is 4.39 Å². The Bertz CT molecular complexity index is 426. The quantitative estimate of drug-likeness (QED) is 0.435. The van der Waals surface area contributed by atoms with E-state index in [0.29, 0.717) is 12.3 Å². The van der Waals surface area contributed by atoms with Crippen molar-refractivity contribution in [2.45, 2.75) is 31.6 Å². The van der Waals surface area contributed by atoms with E-state index in [-0.39, 0.29) is 12.1 Å². The SMILES string of the molecule is FCCCC1(CCCBr)C=CC(c2ccccc2)C=C1. The lowest BCUT2D eigenvalue weighted by Crippen LogP contribution is -2.19. The Morgan fingerprint density at radius 1 is 1.00 bits per heavy atom. The molecule has 1 aromatic rings. The van der Waals surface area contributed by atoms with E-state index in [1.807, 2.05) is 6.07 Å². The molecule has 0 aliphatic heterocycles. The van der Waals surface area contributed by atoms with Crippen LogP contribution in [-0.2, 0) is 0 Å². The summed E-state index contributed by atoms with van der Waals surface area (Å²) >= 11 is 3.49. The zero-order valence-electron chi connectivity index (χ0n) is 11.8. The molecule has 0 amide bonds. The second-order valence-electron chi connectivity index (χ2n) is 5.47. The van der Waals surface area contributed by atoms with E-state index >= 15 is 0 Å². The Morgan fingerprint density at radius 3 is 2.25 bits per heavy atom. The lowest BCUT2D eigenvalue weighted by atomic mass is 9.74. The van der Waals surface area contributed by atoms with Gasteiger partial charge in [0.2, 0.25) is 0 Å². The van der Waals surface area contributed by atoms with Gasteiger partial charge in [-0.05, 0) is 31.2 Å². The Kier molecular flexibility index (Phi) is 6.03. The molecule has 108 valence electrons. The van der Waals surface area contributed by atoms with Gasteiger partial charge in [-0.25, -0.2) is 0 Å². The van der Waals surface area contributed by atoms with Crippen molar-refractivity contribution in [3.63, 3.8) is 0 Å². The van der Waals surface area contributed by atoms with Crippen LogP contribution in [0.5, 0.6) is 0 Å². The summed E-state index contributed by atoms with van der Waals surface area (Å²) in [6.07, 6.45) is 12.9. The predicted octanol–water partition coefficient (Wildman–Crippen LogP) is 5.81. The average Bonchev–Trinajstić information content (AvgIpc) is 2.53. The number of halogens is 2. The van der Waals surface area contributed by atoms with Crippen LogP contribution in [0.2, 0.25) is 0 Å². The predicted molar refractivity (Wildman–Crippen MR) is 88.1 cm³/mol. The number of rotatable bonds is 7. The minimum atomic E-state index is -0.222. The van der Waals surface area contributed by atoms with Gasteiger partial charge in [0.1, 0.15) is 0 Å². The average molecular weight is 337 g/mol. The molecule has 0 spiro atoms. The molecule has 0 unspecified atom stereocenters.